The first-order valence-electron chi connectivity index (χ1n) is 15.1. The van der Waals surface area contributed by atoms with Gasteiger partial charge in [0, 0.05) is 35.4 Å². The number of benzene rings is 2. The number of rotatable bonds is 11. The molecule has 6 rings (SSSR count). The number of methoxy groups -OCH3 is 1. The molecule has 0 saturated carbocycles. The van der Waals surface area contributed by atoms with Crippen molar-refractivity contribution in [1.82, 2.24) is 19.9 Å². The molecule has 5 aromatic rings. The number of carbonyl (C=O) groups excluding carboxylic acids is 1. The molecule has 1 saturated heterocycles. The van der Waals surface area contributed by atoms with Crippen molar-refractivity contribution in [2.24, 2.45) is 5.92 Å². The summed E-state index contributed by atoms with van der Waals surface area (Å²) in [4.78, 5) is 41.8. The largest absolute Gasteiger partial charge is 0.497 e. The number of carboxylic acid groups (broad SMARTS) is 1. The van der Waals surface area contributed by atoms with Crippen LogP contribution in [0.5, 0.6) is 11.5 Å². The van der Waals surface area contributed by atoms with Gasteiger partial charge < -0.3 is 34.5 Å². The molecular weight excluding hydrogens is 608 g/mol. The summed E-state index contributed by atoms with van der Waals surface area (Å²) >= 11 is 1.48. The number of carboxylic acids is 1. The standard InChI is InChI=1S/C33H36N6O6S/c1-17(2)29(38-32-36-22-8-6-7-9-27(22)45-32)30(40)39-15-20(13-26(39)31(41)42)44-28-14-24(25-16-46-33(37-25)34-18(3)4)35-23-12-19(43-5)10-11-21(23)28/h6-12,14,16-18,20,26,29H,13,15H2,1-5H3,(H,34,37)(H,36,38)(H,41,42)/t20?,26-,29-/m0/s1. The number of ether oxygens (including phenoxy) is 2. The molecule has 1 amide bonds. The molecule has 3 N–H and O–H groups in total. The zero-order valence-corrected chi connectivity index (χ0v) is 27.0. The normalized spacial score (nSPS) is 17.2. The number of thiazole rings is 1. The number of para-hydroxylation sites is 2. The minimum absolute atomic E-state index is 0.0860. The SMILES string of the molecule is COc1ccc2c(OC3C[C@@H](C(=O)O)N(C(=O)[C@@H](Nc4nc5ccccc5o4)C(C)C)C3)cc(-c3csc(NC(C)C)n3)nc2c1. The van der Waals surface area contributed by atoms with Crippen molar-refractivity contribution in [2.45, 2.75) is 58.3 Å². The Kier molecular flexibility index (Phi) is 8.67. The van der Waals surface area contributed by atoms with Crippen molar-refractivity contribution < 1.29 is 28.6 Å². The van der Waals surface area contributed by atoms with Crippen LogP contribution < -0.4 is 20.1 Å². The molecule has 0 radical (unpaired) electrons. The summed E-state index contributed by atoms with van der Waals surface area (Å²) in [6, 6.07) is 13.2. The highest BCUT2D eigenvalue weighted by atomic mass is 32.1. The lowest BCUT2D eigenvalue weighted by Gasteiger charge is -2.28. The molecule has 0 bridgehead atoms. The van der Waals surface area contributed by atoms with Crippen LogP contribution in [0.1, 0.15) is 34.1 Å². The Labute approximate surface area is 269 Å². The van der Waals surface area contributed by atoms with Gasteiger partial charge in [0.1, 0.15) is 40.9 Å². The van der Waals surface area contributed by atoms with Crippen LogP contribution in [-0.4, -0.2) is 74.7 Å². The number of fused-ring (bicyclic) bond motifs is 2. The molecule has 3 atom stereocenters. The molecule has 12 nitrogen and oxygen atoms in total. The van der Waals surface area contributed by atoms with Crippen molar-refractivity contribution >= 4 is 56.4 Å². The Morgan fingerprint density at radius 1 is 1.02 bits per heavy atom. The van der Waals surface area contributed by atoms with Crippen LogP contribution in [0.4, 0.5) is 11.1 Å². The number of aliphatic carboxylic acids is 1. The Morgan fingerprint density at radius 3 is 2.54 bits per heavy atom. The quantitative estimate of drug-likeness (QED) is 0.158. The van der Waals surface area contributed by atoms with E-state index in [9.17, 15) is 14.7 Å². The summed E-state index contributed by atoms with van der Waals surface area (Å²) in [7, 11) is 1.59. The number of nitrogens with zero attached hydrogens (tertiary/aromatic N) is 4. The number of amides is 1. The summed E-state index contributed by atoms with van der Waals surface area (Å²) in [5.74, 6) is -0.498. The minimum Gasteiger partial charge on any atom is -0.497 e. The number of carbonyl (C=O) groups is 2. The van der Waals surface area contributed by atoms with E-state index in [0.717, 1.165) is 10.5 Å². The molecule has 1 fully saturated rings. The number of pyridine rings is 1. The van der Waals surface area contributed by atoms with Crippen LogP contribution >= 0.6 is 11.3 Å². The van der Waals surface area contributed by atoms with Crippen molar-refractivity contribution in [3.63, 3.8) is 0 Å². The number of hydrogen-bond donors (Lipinski definition) is 3. The molecule has 2 aromatic carbocycles. The van der Waals surface area contributed by atoms with E-state index in [2.05, 4.69) is 15.6 Å². The fourth-order valence-electron chi connectivity index (χ4n) is 5.54. The predicted molar refractivity (Wildman–Crippen MR) is 177 cm³/mol. The van der Waals surface area contributed by atoms with Gasteiger partial charge in [-0.1, -0.05) is 26.0 Å². The van der Waals surface area contributed by atoms with Crippen LogP contribution in [0.3, 0.4) is 0 Å². The Bertz CT molecular complexity index is 1850. The summed E-state index contributed by atoms with van der Waals surface area (Å²) in [5.41, 5.74) is 3.17. The first-order chi connectivity index (χ1) is 22.1. The molecule has 46 heavy (non-hydrogen) atoms. The zero-order valence-electron chi connectivity index (χ0n) is 26.2. The van der Waals surface area contributed by atoms with Crippen LogP contribution in [-0.2, 0) is 9.59 Å². The monoisotopic (exact) mass is 644 g/mol. The number of hydrogen-bond acceptors (Lipinski definition) is 11. The van der Waals surface area contributed by atoms with Gasteiger partial charge in [0.25, 0.3) is 6.01 Å². The van der Waals surface area contributed by atoms with Gasteiger partial charge in [-0.05, 0) is 44.0 Å². The average Bonchev–Trinajstić information content (AvgIpc) is 3.77. The van der Waals surface area contributed by atoms with Gasteiger partial charge in [-0.3, -0.25) is 4.79 Å². The Balaban J connectivity index is 1.28. The molecule has 1 unspecified atom stereocenters. The van der Waals surface area contributed by atoms with E-state index in [-0.39, 0.29) is 36.8 Å². The van der Waals surface area contributed by atoms with Crippen molar-refractivity contribution in [3.8, 4) is 22.9 Å². The van der Waals surface area contributed by atoms with Crippen LogP contribution in [0.25, 0.3) is 33.4 Å². The van der Waals surface area contributed by atoms with E-state index in [1.807, 2.05) is 75.5 Å². The molecule has 0 spiro atoms. The number of oxazole rings is 1. The average molecular weight is 645 g/mol. The van der Waals surface area contributed by atoms with Crippen molar-refractivity contribution in [3.05, 3.63) is 53.9 Å². The fourth-order valence-corrected chi connectivity index (χ4v) is 6.39. The van der Waals surface area contributed by atoms with Crippen molar-refractivity contribution in [2.75, 3.05) is 24.3 Å². The third kappa shape index (κ3) is 6.41. The third-order valence-electron chi connectivity index (χ3n) is 7.79. The van der Waals surface area contributed by atoms with E-state index in [0.29, 0.717) is 39.5 Å². The van der Waals surface area contributed by atoms with E-state index >= 15 is 0 Å². The highest BCUT2D eigenvalue weighted by molar-refractivity contribution is 7.14. The second-order valence-electron chi connectivity index (χ2n) is 11.9. The van der Waals surface area contributed by atoms with Gasteiger partial charge in [-0.2, -0.15) is 4.98 Å². The summed E-state index contributed by atoms with van der Waals surface area (Å²) < 4.78 is 17.8. The summed E-state index contributed by atoms with van der Waals surface area (Å²) in [5, 5.41) is 20.0. The lowest BCUT2D eigenvalue weighted by molar-refractivity contribution is -0.148. The maximum atomic E-state index is 14.0. The highest BCUT2D eigenvalue weighted by Gasteiger charge is 2.44. The van der Waals surface area contributed by atoms with E-state index in [1.165, 1.54) is 16.2 Å². The van der Waals surface area contributed by atoms with Gasteiger partial charge in [-0.15, -0.1) is 11.3 Å². The second kappa shape index (κ2) is 12.8. The van der Waals surface area contributed by atoms with E-state index < -0.39 is 24.2 Å². The molecule has 1 aliphatic heterocycles. The second-order valence-corrected chi connectivity index (χ2v) is 12.8. The molecule has 0 aliphatic carbocycles. The first-order valence-corrected chi connectivity index (χ1v) is 16.0. The van der Waals surface area contributed by atoms with Gasteiger partial charge >= 0.3 is 5.97 Å². The van der Waals surface area contributed by atoms with Gasteiger partial charge in [0.05, 0.1) is 24.9 Å². The first kappa shape index (κ1) is 31.1. The number of likely N-dealkylation sites (tertiary alicyclic amines) is 1. The smallest absolute Gasteiger partial charge is 0.326 e. The Hall–Kier alpha value is -4.91. The topological polar surface area (TPSA) is 152 Å². The maximum Gasteiger partial charge on any atom is 0.326 e. The number of nitrogens with one attached hydrogen (secondary N) is 2. The van der Waals surface area contributed by atoms with Crippen LogP contribution in [0, 0.1) is 5.92 Å². The van der Waals surface area contributed by atoms with Gasteiger partial charge in [0.2, 0.25) is 5.91 Å². The van der Waals surface area contributed by atoms with Gasteiger partial charge in [0.15, 0.2) is 10.7 Å². The predicted octanol–water partition coefficient (Wildman–Crippen LogP) is 5.90. The van der Waals surface area contributed by atoms with Crippen molar-refractivity contribution in [1.29, 1.82) is 0 Å². The van der Waals surface area contributed by atoms with Crippen LogP contribution in [0.15, 0.2) is 58.3 Å². The fraction of sp³-hybridized carbons (Fsp3) is 0.364. The molecule has 1 aliphatic rings. The van der Waals surface area contributed by atoms with Gasteiger partial charge in [-0.25, -0.2) is 14.8 Å². The van der Waals surface area contributed by atoms with E-state index in [4.69, 9.17) is 23.9 Å². The summed E-state index contributed by atoms with van der Waals surface area (Å²) in [6.07, 6.45) is -0.472. The molecule has 3 aromatic heterocycles. The molecule has 13 heteroatoms. The zero-order chi connectivity index (χ0) is 32.5. The lowest BCUT2D eigenvalue weighted by atomic mass is 10.0. The van der Waals surface area contributed by atoms with E-state index in [1.54, 1.807) is 13.2 Å². The minimum atomic E-state index is -1.10. The maximum absolute atomic E-state index is 14.0. The highest BCUT2D eigenvalue weighted by Crippen LogP contribution is 2.36. The third-order valence-corrected chi connectivity index (χ3v) is 8.56. The molecule has 240 valence electrons. The summed E-state index contributed by atoms with van der Waals surface area (Å²) in [6.45, 7) is 7.95. The molecular formula is C33H36N6O6S. The Morgan fingerprint density at radius 2 is 1.83 bits per heavy atom. The van der Waals surface area contributed by atoms with Crippen LogP contribution in [0.2, 0.25) is 0 Å². The molecule has 4 heterocycles. The number of anilines is 2. The lowest BCUT2D eigenvalue weighted by Crippen LogP contribution is -2.50. The number of aromatic nitrogens is 3.